The van der Waals surface area contributed by atoms with Gasteiger partial charge < -0.3 is 23.9 Å². The molecular formula is C28H24Cl5N3O4. The van der Waals surface area contributed by atoms with Gasteiger partial charge in [-0.3, -0.25) is 0 Å². The highest BCUT2D eigenvalue weighted by molar-refractivity contribution is 6.35. The fourth-order valence-electron chi connectivity index (χ4n) is 4.82. The number of nitrogens with zero attached hydrogens (tertiary/aromatic N) is 3. The van der Waals surface area contributed by atoms with E-state index in [9.17, 15) is 5.11 Å². The number of hydrogen-bond acceptors (Lipinski definition) is 6. The first-order chi connectivity index (χ1) is 19.1. The molecule has 12 heteroatoms. The van der Waals surface area contributed by atoms with E-state index in [1.165, 1.54) is 6.33 Å². The number of hydrogen-bond donors (Lipinski definition) is 1. The van der Waals surface area contributed by atoms with Gasteiger partial charge in [-0.05, 0) is 36.8 Å². The Kier molecular flexibility index (Phi) is 9.03. The predicted octanol–water partition coefficient (Wildman–Crippen LogP) is 6.54. The zero-order chi connectivity index (χ0) is 28.6. The average Bonchev–Trinajstić information content (AvgIpc) is 3.42. The molecule has 210 valence electrons. The number of rotatable bonds is 8. The van der Waals surface area contributed by atoms with Crippen LogP contribution < -0.4 is 0 Å². The molecule has 1 fully saturated rings. The van der Waals surface area contributed by atoms with Crippen LogP contribution in [0.4, 0.5) is 0 Å². The van der Waals surface area contributed by atoms with Crippen molar-refractivity contribution in [2.75, 3.05) is 13.2 Å². The first-order valence-corrected chi connectivity index (χ1v) is 14.2. The van der Waals surface area contributed by atoms with Gasteiger partial charge in [0.05, 0.1) is 35.6 Å². The van der Waals surface area contributed by atoms with Crippen molar-refractivity contribution in [3.63, 3.8) is 0 Å². The molecular weight excluding hydrogens is 620 g/mol. The molecule has 1 aliphatic heterocycles. The lowest BCUT2D eigenvalue weighted by Crippen LogP contribution is -2.38. The van der Waals surface area contributed by atoms with E-state index >= 15 is 0 Å². The molecule has 1 aliphatic carbocycles. The van der Waals surface area contributed by atoms with Gasteiger partial charge in [0.2, 0.25) is 0 Å². The molecule has 3 heterocycles. The van der Waals surface area contributed by atoms with Crippen LogP contribution in [0.2, 0.25) is 15.2 Å². The molecule has 1 aromatic carbocycles. The topological polar surface area (TPSA) is 78.6 Å². The van der Waals surface area contributed by atoms with Gasteiger partial charge in [0.25, 0.3) is 0 Å². The molecule has 5 rings (SSSR count). The molecule has 1 saturated heterocycles. The Morgan fingerprint density at radius 2 is 2.00 bits per heavy atom. The van der Waals surface area contributed by atoms with Crippen LogP contribution in [0.5, 0.6) is 0 Å². The van der Waals surface area contributed by atoms with Gasteiger partial charge in [0, 0.05) is 27.2 Å². The number of allylic oxidation sites excluding steroid dienone is 3. The third kappa shape index (κ3) is 6.03. The fourth-order valence-corrected chi connectivity index (χ4v) is 6.12. The maximum Gasteiger partial charge on any atom is 0.164 e. The van der Waals surface area contributed by atoms with E-state index in [0.29, 0.717) is 43.8 Å². The van der Waals surface area contributed by atoms with E-state index in [4.69, 9.17) is 78.6 Å². The number of aliphatic hydroxyl groups is 1. The van der Waals surface area contributed by atoms with Crippen molar-refractivity contribution < 1.29 is 19.3 Å². The van der Waals surface area contributed by atoms with Crippen molar-refractivity contribution in [2.24, 2.45) is 5.92 Å². The Hall–Kier alpha value is -1.83. The molecule has 3 aromatic rings. The summed E-state index contributed by atoms with van der Waals surface area (Å²) in [6.45, 7) is 2.38. The SMILES string of the molecule is C#Cc1cn([C@@H]2O[C@H](COCC3C=CC(Cl)=CC3(C)Cl)[C@@H](OCc3ccc(Cl)cc3Cl)[C@H]2O)c2ncnc(Cl)c12. The third-order valence-corrected chi connectivity index (χ3v) is 8.46. The summed E-state index contributed by atoms with van der Waals surface area (Å²) in [7, 11) is 0. The zero-order valence-electron chi connectivity index (χ0n) is 21.1. The molecule has 2 aliphatic rings. The normalized spacial score (nSPS) is 28.1. The highest BCUT2D eigenvalue weighted by atomic mass is 35.5. The highest BCUT2D eigenvalue weighted by Gasteiger charge is 2.46. The lowest BCUT2D eigenvalue weighted by Gasteiger charge is -2.30. The van der Waals surface area contributed by atoms with E-state index in [1.54, 1.807) is 41.1 Å². The first kappa shape index (κ1) is 29.7. The number of halogens is 5. The van der Waals surface area contributed by atoms with Crippen molar-refractivity contribution >= 4 is 69.0 Å². The quantitative estimate of drug-likeness (QED) is 0.171. The maximum absolute atomic E-state index is 11.5. The van der Waals surface area contributed by atoms with Crippen LogP contribution >= 0.6 is 58.0 Å². The minimum atomic E-state index is -1.12. The Morgan fingerprint density at radius 1 is 1.20 bits per heavy atom. The Morgan fingerprint density at radius 3 is 2.73 bits per heavy atom. The van der Waals surface area contributed by atoms with Crippen molar-refractivity contribution in [1.82, 2.24) is 14.5 Å². The molecule has 1 N–H and O–H groups in total. The highest BCUT2D eigenvalue weighted by Crippen LogP contribution is 2.38. The van der Waals surface area contributed by atoms with Gasteiger partial charge in [0.15, 0.2) is 6.23 Å². The summed E-state index contributed by atoms with van der Waals surface area (Å²) in [4.78, 5) is 7.66. The van der Waals surface area contributed by atoms with Gasteiger partial charge in [-0.2, -0.15) is 0 Å². The summed E-state index contributed by atoms with van der Waals surface area (Å²) < 4.78 is 20.2. The zero-order valence-corrected chi connectivity index (χ0v) is 24.9. The number of ether oxygens (including phenoxy) is 3. The third-order valence-electron chi connectivity index (χ3n) is 6.96. The summed E-state index contributed by atoms with van der Waals surface area (Å²) >= 11 is 31.5. The summed E-state index contributed by atoms with van der Waals surface area (Å²) in [6, 6.07) is 5.11. The largest absolute Gasteiger partial charge is 0.386 e. The molecule has 0 amide bonds. The number of aromatic nitrogens is 3. The van der Waals surface area contributed by atoms with Crippen LogP contribution in [0.15, 0.2) is 54.0 Å². The second kappa shape index (κ2) is 12.2. The number of aliphatic hydroxyl groups excluding tert-OH is 1. The second-order valence-corrected chi connectivity index (χ2v) is 12.2. The number of terminal acetylenes is 1. The van der Waals surface area contributed by atoms with Crippen LogP contribution in [0.3, 0.4) is 0 Å². The first-order valence-electron chi connectivity index (χ1n) is 12.3. The predicted molar refractivity (Wildman–Crippen MR) is 157 cm³/mol. The molecule has 2 unspecified atom stereocenters. The standard InChI is InChI=1S/C28H24Cl5N3O4/c1-3-15-10-36(26-22(15)25(32)34-14-35-26)27-23(37)24(39-11-16-4-6-18(29)8-20(16)31)21(40-27)13-38-12-17-5-7-19(30)9-28(17,2)33/h1,4-10,14,17,21,23-24,27,37H,11-13H2,2H3/t17?,21-,23-,24-,27-,28?/m1/s1. The van der Waals surface area contributed by atoms with E-state index in [-0.39, 0.29) is 24.3 Å². The molecule has 40 heavy (non-hydrogen) atoms. The van der Waals surface area contributed by atoms with Crippen LogP contribution in [0, 0.1) is 18.3 Å². The summed E-state index contributed by atoms with van der Waals surface area (Å²) in [5.74, 6) is 2.47. The minimum absolute atomic E-state index is 0.106. The maximum atomic E-state index is 11.5. The lowest BCUT2D eigenvalue weighted by molar-refractivity contribution is -0.0822. The van der Waals surface area contributed by atoms with Crippen molar-refractivity contribution in [3.05, 3.63) is 80.3 Å². The van der Waals surface area contributed by atoms with Crippen molar-refractivity contribution in [1.29, 1.82) is 0 Å². The number of fused-ring (bicyclic) bond motifs is 1. The Labute approximate surface area is 256 Å². The summed E-state index contributed by atoms with van der Waals surface area (Å²) in [5, 5.41) is 13.7. The van der Waals surface area contributed by atoms with Gasteiger partial charge in [-0.1, -0.05) is 64.5 Å². The summed E-state index contributed by atoms with van der Waals surface area (Å²) in [6.07, 6.45) is 10.7. The molecule has 0 bridgehead atoms. The van der Waals surface area contributed by atoms with Crippen LogP contribution in [0.1, 0.15) is 24.3 Å². The monoisotopic (exact) mass is 641 g/mol. The minimum Gasteiger partial charge on any atom is -0.386 e. The molecule has 0 spiro atoms. The van der Waals surface area contributed by atoms with Crippen molar-refractivity contribution in [2.45, 2.75) is 42.9 Å². The van der Waals surface area contributed by atoms with Crippen LogP contribution in [-0.4, -0.2) is 56.0 Å². The average molecular weight is 644 g/mol. The molecule has 6 atom stereocenters. The number of benzene rings is 1. The van der Waals surface area contributed by atoms with Crippen molar-refractivity contribution in [3.8, 4) is 12.3 Å². The lowest BCUT2D eigenvalue weighted by atomic mass is 9.90. The molecule has 2 aromatic heterocycles. The summed E-state index contributed by atoms with van der Waals surface area (Å²) in [5.41, 5.74) is 1.60. The molecule has 7 nitrogen and oxygen atoms in total. The van der Waals surface area contributed by atoms with Crippen LogP contribution in [0.25, 0.3) is 11.0 Å². The van der Waals surface area contributed by atoms with E-state index in [2.05, 4.69) is 15.9 Å². The Balaban J connectivity index is 1.38. The van der Waals surface area contributed by atoms with Gasteiger partial charge in [-0.25, -0.2) is 9.97 Å². The van der Waals surface area contributed by atoms with E-state index in [1.807, 2.05) is 13.0 Å². The smallest absolute Gasteiger partial charge is 0.164 e. The van der Waals surface area contributed by atoms with Gasteiger partial charge >= 0.3 is 0 Å². The molecule has 0 radical (unpaired) electrons. The fraction of sp³-hybridized carbons (Fsp3) is 0.357. The second-order valence-electron chi connectivity index (χ2n) is 9.71. The van der Waals surface area contributed by atoms with Crippen LogP contribution in [-0.2, 0) is 20.8 Å². The van der Waals surface area contributed by atoms with E-state index < -0.39 is 29.4 Å². The van der Waals surface area contributed by atoms with Gasteiger partial charge in [0.1, 0.15) is 35.4 Å². The van der Waals surface area contributed by atoms with Gasteiger partial charge in [-0.15, -0.1) is 18.0 Å². The Bertz CT molecular complexity index is 1520. The van der Waals surface area contributed by atoms with E-state index in [0.717, 1.165) is 0 Å². The number of alkyl halides is 1. The molecule has 0 saturated carbocycles.